The zero-order valence-corrected chi connectivity index (χ0v) is 13.9. The van der Waals surface area contributed by atoms with Crippen molar-refractivity contribution >= 4 is 12.2 Å². The summed E-state index contributed by atoms with van der Waals surface area (Å²) in [6.45, 7) is 2.69. The van der Waals surface area contributed by atoms with Crippen LogP contribution in [0.4, 0.5) is 0 Å². The van der Waals surface area contributed by atoms with Crippen LogP contribution in [0, 0.1) is 4.77 Å². The number of H-pyrrole nitrogens is 1. The molecule has 118 valence electrons. The highest BCUT2D eigenvalue weighted by Crippen LogP contribution is 2.29. The molecule has 5 heteroatoms. The molecule has 22 heavy (non-hydrogen) atoms. The molecular weight excluding hydrogens is 294 g/mol. The topological polar surface area (TPSA) is 42.8 Å². The van der Waals surface area contributed by atoms with E-state index in [0.29, 0.717) is 12.6 Å². The van der Waals surface area contributed by atoms with E-state index in [1.165, 1.54) is 37.7 Å². The number of hydrogen-bond donors (Lipinski definition) is 1. The molecule has 1 heterocycles. The van der Waals surface area contributed by atoms with E-state index in [4.69, 9.17) is 17.0 Å². The van der Waals surface area contributed by atoms with Crippen molar-refractivity contribution in [2.75, 3.05) is 6.61 Å². The molecule has 1 N–H and O–H groups in total. The maximum atomic E-state index is 5.49. The van der Waals surface area contributed by atoms with Gasteiger partial charge < -0.3 is 9.30 Å². The van der Waals surface area contributed by atoms with Crippen molar-refractivity contribution in [1.29, 1.82) is 0 Å². The van der Waals surface area contributed by atoms with Crippen molar-refractivity contribution in [2.24, 2.45) is 0 Å². The van der Waals surface area contributed by atoms with Crippen molar-refractivity contribution in [1.82, 2.24) is 14.8 Å². The van der Waals surface area contributed by atoms with Crippen molar-refractivity contribution in [3.63, 3.8) is 0 Å². The minimum atomic E-state index is 0.512. The molecule has 0 saturated heterocycles. The summed E-state index contributed by atoms with van der Waals surface area (Å²) >= 11 is 5.45. The van der Waals surface area contributed by atoms with Gasteiger partial charge in [-0.1, -0.05) is 31.4 Å². The average Bonchev–Trinajstić information content (AvgIpc) is 2.91. The quantitative estimate of drug-likeness (QED) is 0.829. The van der Waals surface area contributed by atoms with Gasteiger partial charge >= 0.3 is 0 Å². The van der Waals surface area contributed by atoms with E-state index in [1.807, 2.05) is 19.1 Å². The van der Waals surface area contributed by atoms with Crippen molar-refractivity contribution in [3.8, 4) is 5.75 Å². The normalized spacial score (nSPS) is 15.9. The van der Waals surface area contributed by atoms with Gasteiger partial charge in [0.1, 0.15) is 11.6 Å². The predicted octanol–water partition coefficient (Wildman–Crippen LogP) is 4.44. The first kappa shape index (κ1) is 15.3. The van der Waals surface area contributed by atoms with Crippen LogP contribution in [0.15, 0.2) is 24.3 Å². The number of nitrogens with zero attached hydrogens (tertiary/aromatic N) is 2. The number of ether oxygens (including phenoxy) is 1. The third-order valence-electron chi connectivity index (χ3n) is 4.31. The summed E-state index contributed by atoms with van der Waals surface area (Å²) in [5.74, 6) is 1.96. The zero-order chi connectivity index (χ0) is 15.4. The Morgan fingerprint density at radius 1 is 1.23 bits per heavy atom. The molecule has 2 aromatic rings. The van der Waals surface area contributed by atoms with Crippen molar-refractivity contribution in [2.45, 2.75) is 51.5 Å². The van der Waals surface area contributed by atoms with Crippen LogP contribution in [0.1, 0.15) is 56.5 Å². The number of rotatable bonds is 5. The second kappa shape index (κ2) is 7.09. The van der Waals surface area contributed by atoms with E-state index < -0.39 is 0 Å². The zero-order valence-electron chi connectivity index (χ0n) is 13.0. The molecule has 1 aromatic carbocycles. The monoisotopic (exact) mass is 317 g/mol. The highest BCUT2D eigenvalue weighted by molar-refractivity contribution is 7.71. The summed E-state index contributed by atoms with van der Waals surface area (Å²) in [6.07, 6.45) is 7.15. The summed E-state index contributed by atoms with van der Waals surface area (Å²) in [5, 5.41) is 7.44. The van der Waals surface area contributed by atoms with Crippen LogP contribution in [0.25, 0.3) is 0 Å². The summed E-state index contributed by atoms with van der Waals surface area (Å²) in [4.78, 5) is 0. The highest BCUT2D eigenvalue weighted by Gasteiger charge is 2.19. The lowest BCUT2D eigenvalue weighted by atomic mass is 9.95. The van der Waals surface area contributed by atoms with Gasteiger partial charge in [0.05, 0.1) is 6.61 Å². The van der Waals surface area contributed by atoms with Crippen LogP contribution in [0.3, 0.4) is 0 Å². The molecule has 0 bridgehead atoms. The van der Waals surface area contributed by atoms with E-state index in [0.717, 1.165) is 22.8 Å². The molecule has 3 rings (SSSR count). The third kappa shape index (κ3) is 3.40. The van der Waals surface area contributed by atoms with E-state index in [-0.39, 0.29) is 0 Å². The van der Waals surface area contributed by atoms with E-state index >= 15 is 0 Å². The number of benzene rings is 1. The Kier molecular flexibility index (Phi) is 4.93. The summed E-state index contributed by atoms with van der Waals surface area (Å²) in [7, 11) is 0. The highest BCUT2D eigenvalue weighted by atomic mass is 32.1. The van der Waals surface area contributed by atoms with Crippen LogP contribution < -0.4 is 4.74 Å². The summed E-state index contributed by atoms with van der Waals surface area (Å²) in [5.41, 5.74) is 1.23. The molecule has 1 aliphatic carbocycles. The molecule has 0 amide bonds. The minimum Gasteiger partial charge on any atom is -0.494 e. The molecule has 1 aliphatic rings. The van der Waals surface area contributed by atoms with Gasteiger partial charge in [0.2, 0.25) is 0 Å². The Bertz CT molecular complexity index is 653. The van der Waals surface area contributed by atoms with Gasteiger partial charge in [-0.05, 0) is 49.7 Å². The first-order valence-electron chi connectivity index (χ1n) is 8.15. The van der Waals surface area contributed by atoms with Crippen LogP contribution in [0.2, 0.25) is 0 Å². The van der Waals surface area contributed by atoms with Gasteiger partial charge in [0, 0.05) is 12.5 Å². The predicted molar refractivity (Wildman–Crippen MR) is 90.0 cm³/mol. The lowest BCUT2D eigenvalue weighted by Gasteiger charge is -2.24. The van der Waals surface area contributed by atoms with Crippen LogP contribution in [-0.4, -0.2) is 21.4 Å². The number of aromatic nitrogens is 3. The molecule has 0 spiro atoms. The number of aromatic amines is 1. The fraction of sp³-hybridized carbons (Fsp3) is 0.529. The Morgan fingerprint density at radius 3 is 2.64 bits per heavy atom. The van der Waals surface area contributed by atoms with Gasteiger partial charge in [-0.15, -0.1) is 0 Å². The second-order valence-electron chi connectivity index (χ2n) is 5.86. The molecule has 4 nitrogen and oxygen atoms in total. The Balaban J connectivity index is 1.78. The number of hydrogen-bond acceptors (Lipinski definition) is 3. The summed E-state index contributed by atoms with van der Waals surface area (Å²) < 4.78 is 8.49. The van der Waals surface area contributed by atoms with Crippen LogP contribution >= 0.6 is 12.2 Å². The first-order chi connectivity index (χ1) is 10.8. The molecule has 0 atom stereocenters. The van der Waals surface area contributed by atoms with E-state index in [9.17, 15) is 0 Å². The molecule has 0 radical (unpaired) electrons. The fourth-order valence-corrected chi connectivity index (χ4v) is 3.53. The van der Waals surface area contributed by atoms with Crippen LogP contribution in [-0.2, 0) is 6.42 Å². The first-order valence-corrected chi connectivity index (χ1v) is 8.56. The molecule has 1 aromatic heterocycles. The number of nitrogens with one attached hydrogen (secondary N) is 1. The summed E-state index contributed by atoms with van der Waals surface area (Å²) in [6, 6.07) is 8.76. The molecular formula is C17H23N3OS. The van der Waals surface area contributed by atoms with Crippen molar-refractivity contribution in [3.05, 3.63) is 40.4 Å². The Hall–Kier alpha value is -1.62. The van der Waals surface area contributed by atoms with Gasteiger partial charge in [-0.25, -0.2) is 0 Å². The lowest BCUT2D eigenvalue weighted by molar-refractivity contribution is 0.340. The maximum absolute atomic E-state index is 5.49. The Morgan fingerprint density at radius 2 is 1.95 bits per heavy atom. The molecule has 0 unspecified atom stereocenters. The van der Waals surface area contributed by atoms with Gasteiger partial charge in [0.15, 0.2) is 4.77 Å². The van der Waals surface area contributed by atoms with E-state index in [1.54, 1.807) is 0 Å². The smallest absolute Gasteiger partial charge is 0.195 e. The standard InChI is InChI=1S/C17H23N3OS/c1-2-21-15-10-8-13(9-11-15)12-16-18-19-17(22)20(16)14-6-4-3-5-7-14/h8-11,14H,2-7,12H2,1H3,(H,19,22). The average molecular weight is 317 g/mol. The lowest BCUT2D eigenvalue weighted by Crippen LogP contribution is -2.16. The third-order valence-corrected chi connectivity index (χ3v) is 4.60. The Labute approximate surface area is 136 Å². The van der Waals surface area contributed by atoms with Gasteiger partial charge in [-0.3, -0.25) is 5.10 Å². The SMILES string of the molecule is CCOc1ccc(Cc2n[nH]c(=S)n2C2CCCCC2)cc1. The van der Waals surface area contributed by atoms with Gasteiger partial charge in [0.25, 0.3) is 0 Å². The second-order valence-corrected chi connectivity index (χ2v) is 6.25. The van der Waals surface area contributed by atoms with Gasteiger partial charge in [-0.2, -0.15) is 5.10 Å². The van der Waals surface area contributed by atoms with Crippen molar-refractivity contribution < 1.29 is 4.74 Å². The van der Waals surface area contributed by atoms with E-state index in [2.05, 4.69) is 26.9 Å². The van der Waals surface area contributed by atoms with Crippen LogP contribution in [0.5, 0.6) is 5.75 Å². The maximum Gasteiger partial charge on any atom is 0.195 e. The fourth-order valence-electron chi connectivity index (χ4n) is 3.23. The molecule has 1 fully saturated rings. The molecule has 0 aliphatic heterocycles. The largest absolute Gasteiger partial charge is 0.494 e. The minimum absolute atomic E-state index is 0.512. The molecule has 1 saturated carbocycles.